The second-order valence-electron chi connectivity index (χ2n) is 3.84. The Morgan fingerprint density at radius 1 is 1.25 bits per heavy atom. The van der Waals surface area contributed by atoms with Crippen molar-refractivity contribution in [1.82, 2.24) is 0 Å². The molecule has 0 aliphatic rings. The number of hydrogen-bond donors (Lipinski definition) is 1. The normalized spacial score (nSPS) is 14.7. The highest BCUT2D eigenvalue weighted by Crippen LogP contribution is 2.04. The Bertz CT molecular complexity index is 274. The van der Waals surface area contributed by atoms with E-state index in [0.717, 1.165) is 5.56 Å². The maximum absolute atomic E-state index is 9.61. The molecule has 0 unspecified atom stereocenters. The van der Waals surface area contributed by atoms with E-state index in [1.165, 1.54) is 0 Å². The van der Waals surface area contributed by atoms with Crippen LogP contribution in [0.2, 0.25) is 0 Å². The second-order valence-corrected chi connectivity index (χ2v) is 3.84. The quantitative estimate of drug-likeness (QED) is 0.720. The molecule has 1 aromatic carbocycles. The molecule has 0 radical (unpaired) electrons. The summed E-state index contributed by atoms with van der Waals surface area (Å²) >= 11 is 0. The van der Waals surface area contributed by atoms with Gasteiger partial charge in [0.25, 0.3) is 0 Å². The molecular weight excluding hydrogens is 204 g/mol. The first-order chi connectivity index (χ1) is 7.74. The summed E-state index contributed by atoms with van der Waals surface area (Å²) in [7, 11) is 1.60. The second kappa shape index (κ2) is 7.39. The van der Waals surface area contributed by atoms with Crippen molar-refractivity contribution in [3.8, 4) is 0 Å². The molecule has 2 atom stereocenters. The Hall–Kier alpha value is -0.900. The van der Waals surface area contributed by atoms with Gasteiger partial charge in [-0.1, -0.05) is 30.3 Å². The molecule has 0 aliphatic carbocycles. The van der Waals surface area contributed by atoms with Gasteiger partial charge in [0.05, 0.1) is 18.8 Å². The highest BCUT2D eigenvalue weighted by molar-refractivity contribution is 5.13. The largest absolute Gasteiger partial charge is 0.390 e. The SMILES string of the molecule is CO[C@H](C)[C@@H](O)CCOCc1ccccc1. The summed E-state index contributed by atoms with van der Waals surface area (Å²) in [6.45, 7) is 2.99. The number of aliphatic hydroxyl groups is 1. The third-order valence-electron chi connectivity index (χ3n) is 2.58. The first kappa shape index (κ1) is 13.2. The van der Waals surface area contributed by atoms with Gasteiger partial charge in [-0.25, -0.2) is 0 Å². The van der Waals surface area contributed by atoms with Crippen molar-refractivity contribution >= 4 is 0 Å². The minimum Gasteiger partial charge on any atom is -0.390 e. The van der Waals surface area contributed by atoms with Gasteiger partial charge in [-0.3, -0.25) is 0 Å². The van der Waals surface area contributed by atoms with Gasteiger partial charge in [-0.2, -0.15) is 0 Å². The van der Waals surface area contributed by atoms with Gasteiger partial charge in [0.2, 0.25) is 0 Å². The third-order valence-corrected chi connectivity index (χ3v) is 2.58. The predicted molar refractivity (Wildman–Crippen MR) is 63.2 cm³/mol. The van der Waals surface area contributed by atoms with E-state index in [-0.39, 0.29) is 6.10 Å². The third kappa shape index (κ3) is 4.75. The molecule has 0 aromatic heterocycles. The minimum atomic E-state index is -0.458. The molecule has 3 nitrogen and oxygen atoms in total. The molecule has 0 bridgehead atoms. The average molecular weight is 224 g/mol. The van der Waals surface area contributed by atoms with Gasteiger partial charge in [0.15, 0.2) is 0 Å². The molecule has 0 fully saturated rings. The number of rotatable bonds is 7. The standard InChI is InChI=1S/C13H20O3/c1-11(15-2)13(14)8-9-16-10-12-6-4-3-5-7-12/h3-7,11,13-14H,8-10H2,1-2H3/t11-,13+/m1/s1. The smallest absolute Gasteiger partial charge is 0.0820 e. The number of methoxy groups -OCH3 is 1. The van der Waals surface area contributed by atoms with Crippen molar-refractivity contribution in [2.75, 3.05) is 13.7 Å². The minimum absolute atomic E-state index is 0.139. The van der Waals surface area contributed by atoms with E-state index in [9.17, 15) is 5.11 Å². The van der Waals surface area contributed by atoms with Gasteiger partial charge >= 0.3 is 0 Å². The first-order valence-corrected chi connectivity index (χ1v) is 5.56. The molecule has 0 heterocycles. The maximum Gasteiger partial charge on any atom is 0.0820 e. The van der Waals surface area contributed by atoms with Crippen molar-refractivity contribution in [1.29, 1.82) is 0 Å². The number of aliphatic hydroxyl groups excluding tert-OH is 1. The zero-order valence-electron chi connectivity index (χ0n) is 9.93. The van der Waals surface area contributed by atoms with Gasteiger partial charge in [0, 0.05) is 13.7 Å². The van der Waals surface area contributed by atoms with Gasteiger partial charge in [-0.05, 0) is 18.9 Å². The van der Waals surface area contributed by atoms with E-state index in [1.54, 1.807) is 7.11 Å². The Morgan fingerprint density at radius 3 is 2.56 bits per heavy atom. The lowest BCUT2D eigenvalue weighted by molar-refractivity contribution is -0.0204. The molecule has 0 amide bonds. The molecule has 0 aliphatic heterocycles. The molecule has 0 saturated carbocycles. The highest BCUT2D eigenvalue weighted by Gasteiger charge is 2.12. The fourth-order valence-corrected chi connectivity index (χ4v) is 1.36. The molecule has 0 saturated heterocycles. The summed E-state index contributed by atoms with van der Waals surface area (Å²) in [6.07, 6.45) is 0.00284. The molecule has 16 heavy (non-hydrogen) atoms. The summed E-state index contributed by atoms with van der Waals surface area (Å²) in [5.41, 5.74) is 1.15. The van der Waals surface area contributed by atoms with Crippen molar-refractivity contribution in [3.05, 3.63) is 35.9 Å². The number of ether oxygens (including phenoxy) is 2. The van der Waals surface area contributed by atoms with Crippen LogP contribution in [-0.2, 0) is 16.1 Å². The van der Waals surface area contributed by atoms with Crippen LogP contribution >= 0.6 is 0 Å². The van der Waals surface area contributed by atoms with Crippen molar-refractivity contribution in [2.24, 2.45) is 0 Å². The maximum atomic E-state index is 9.61. The van der Waals surface area contributed by atoms with Crippen LogP contribution in [0.1, 0.15) is 18.9 Å². The summed E-state index contributed by atoms with van der Waals surface area (Å²) in [6, 6.07) is 10.00. The van der Waals surface area contributed by atoms with Crippen molar-refractivity contribution in [3.63, 3.8) is 0 Å². The summed E-state index contributed by atoms with van der Waals surface area (Å²) in [5, 5.41) is 9.61. The zero-order chi connectivity index (χ0) is 11.8. The lowest BCUT2D eigenvalue weighted by Gasteiger charge is -2.16. The summed E-state index contributed by atoms with van der Waals surface area (Å²) in [5.74, 6) is 0. The Kier molecular flexibility index (Phi) is 6.08. The lowest BCUT2D eigenvalue weighted by atomic mass is 10.2. The fraction of sp³-hybridized carbons (Fsp3) is 0.538. The van der Waals surface area contributed by atoms with Gasteiger partial charge < -0.3 is 14.6 Å². The molecule has 0 spiro atoms. The lowest BCUT2D eigenvalue weighted by Crippen LogP contribution is -2.26. The van der Waals surface area contributed by atoms with Crippen LogP contribution in [0.5, 0.6) is 0 Å². The van der Waals surface area contributed by atoms with Crippen LogP contribution in [0.4, 0.5) is 0 Å². The Labute approximate surface area is 97.0 Å². The van der Waals surface area contributed by atoms with Crippen molar-refractivity contribution < 1.29 is 14.6 Å². The highest BCUT2D eigenvalue weighted by atomic mass is 16.5. The van der Waals surface area contributed by atoms with Crippen LogP contribution in [0, 0.1) is 0 Å². The van der Waals surface area contributed by atoms with Crippen LogP contribution in [0.25, 0.3) is 0 Å². The zero-order valence-corrected chi connectivity index (χ0v) is 9.93. The topological polar surface area (TPSA) is 38.7 Å². The number of benzene rings is 1. The number of hydrogen-bond acceptors (Lipinski definition) is 3. The van der Waals surface area contributed by atoms with E-state index in [4.69, 9.17) is 9.47 Å². The Morgan fingerprint density at radius 2 is 1.94 bits per heavy atom. The molecule has 90 valence electrons. The molecule has 1 rings (SSSR count). The molecule has 1 aromatic rings. The summed E-state index contributed by atoms with van der Waals surface area (Å²) in [4.78, 5) is 0. The van der Waals surface area contributed by atoms with E-state index >= 15 is 0 Å². The molecule has 3 heteroatoms. The van der Waals surface area contributed by atoms with Crippen LogP contribution in [0.15, 0.2) is 30.3 Å². The van der Waals surface area contributed by atoms with E-state index < -0.39 is 6.10 Å². The molecular formula is C13H20O3. The van der Waals surface area contributed by atoms with Crippen LogP contribution in [0.3, 0.4) is 0 Å². The van der Waals surface area contributed by atoms with Crippen LogP contribution < -0.4 is 0 Å². The van der Waals surface area contributed by atoms with Crippen LogP contribution in [-0.4, -0.2) is 31.0 Å². The van der Waals surface area contributed by atoms with Crippen molar-refractivity contribution in [2.45, 2.75) is 32.2 Å². The van der Waals surface area contributed by atoms with E-state index in [1.807, 2.05) is 37.3 Å². The fourth-order valence-electron chi connectivity index (χ4n) is 1.36. The predicted octanol–water partition coefficient (Wildman–Crippen LogP) is 1.99. The summed E-state index contributed by atoms with van der Waals surface area (Å²) < 4.78 is 10.5. The monoisotopic (exact) mass is 224 g/mol. The van der Waals surface area contributed by atoms with Gasteiger partial charge in [0.1, 0.15) is 0 Å². The van der Waals surface area contributed by atoms with Gasteiger partial charge in [-0.15, -0.1) is 0 Å². The van der Waals surface area contributed by atoms with E-state index in [0.29, 0.717) is 19.6 Å². The Balaban J connectivity index is 2.13. The van der Waals surface area contributed by atoms with E-state index in [2.05, 4.69) is 0 Å². The first-order valence-electron chi connectivity index (χ1n) is 5.56. The molecule has 1 N–H and O–H groups in total. The average Bonchev–Trinajstić information content (AvgIpc) is 2.34.